The molecule has 0 radical (unpaired) electrons. The maximum Gasteiger partial charge on any atom is 0.356 e. The third-order valence-corrected chi connectivity index (χ3v) is 3.81. The number of thioether (sulfide) groups is 1. The van der Waals surface area contributed by atoms with Crippen LogP contribution in [0.4, 0.5) is 5.69 Å². The van der Waals surface area contributed by atoms with Crippen molar-refractivity contribution >= 4 is 23.4 Å². The van der Waals surface area contributed by atoms with Crippen molar-refractivity contribution in [2.24, 2.45) is 0 Å². The molecule has 0 bridgehead atoms. The van der Waals surface area contributed by atoms with Gasteiger partial charge in [0.05, 0.1) is 12.8 Å². The summed E-state index contributed by atoms with van der Waals surface area (Å²) < 4.78 is 4.65. The molecule has 0 aliphatic rings. The molecule has 0 amide bonds. The Hall–Kier alpha value is -1.27. The Morgan fingerprint density at radius 2 is 2.11 bits per heavy atom. The van der Waals surface area contributed by atoms with Crippen LogP contribution in [-0.4, -0.2) is 48.4 Å². The average Bonchev–Trinajstić information content (AvgIpc) is 2.44. The van der Waals surface area contributed by atoms with Crippen LogP contribution in [0.2, 0.25) is 0 Å². The van der Waals surface area contributed by atoms with Crippen molar-refractivity contribution < 1.29 is 9.53 Å². The molecule has 0 fully saturated rings. The third-order valence-electron chi connectivity index (χ3n) is 2.82. The first-order chi connectivity index (χ1) is 9.12. The zero-order valence-corrected chi connectivity index (χ0v) is 12.5. The normalized spacial score (nSPS) is 10.7. The molecule has 0 aliphatic heterocycles. The summed E-state index contributed by atoms with van der Waals surface area (Å²) in [5.41, 5.74) is 6.75. The number of nitrogens with two attached hydrogens (primary N) is 1. The van der Waals surface area contributed by atoms with Crippen molar-refractivity contribution in [3.63, 3.8) is 0 Å². The predicted octanol–water partition coefficient (Wildman–Crippen LogP) is 1.88. The van der Waals surface area contributed by atoms with E-state index in [9.17, 15) is 4.79 Å². The molecule has 5 nitrogen and oxygen atoms in total. The summed E-state index contributed by atoms with van der Waals surface area (Å²) in [5, 5.41) is 0.690. The summed E-state index contributed by atoms with van der Waals surface area (Å²) in [6.07, 6.45) is 0. The zero-order chi connectivity index (χ0) is 14.3. The first kappa shape index (κ1) is 15.8. The second-order valence-corrected chi connectivity index (χ2v) is 5.04. The van der Waals surface area contributed by atoms with Gasteiger partial charge in [-0.3, -0.25) is 0 Å². The number of carbonyl (C=O) groups is 1. The van der Waals surface area contributed by atoms with Gasteiger partial charge in [-0.05, 0) is 25.2 Å². The monoisotopic (exact) mass is 283 g/mol. The maximum absolute atomic E-state index is 11.4. The van der Waals surface area contributed by atoms with Crippen LogP contribution >= 0.6 is 11.8 Å². The van der Waals surface area contributed by atoms with Crippen molar-refractivity contribution in [2.45, 2.75) is 18.9 Å². The number of anilines is 1. The van der Waals surface area contributed by atoms with Crippen LogP contribution in [0.3, 0.4) is 0 Å². The summed E-state index contributed by atoms with van der Waals surface area (Å²) in [6.45, 7) is 7.31. The number of pyridine rings is 1. The smallest absolute Gasteiger partial charge is 0.356 e. The number of hydrogen-bond acceptors (Lipinski definition) is 6. The molecule has 1 aromatic rings. The number of nitrogens with zero attached hydrogens (tertiary/aromatic N) is 2. The summed E-state index contributed by atoms with van der Waals surface area (Å²) >= 11 is 1.56. The van der Waals surface area contributed by atoms with Gasteiger partial charge in [-0.2, -0.15) is 0 Å². The molecule has 0 saturated carbocycles. The fourth-order valence-electron chi connectivity index (χ4n) is 1.60. The van der Waals surface area contributed by atoms with Crippen molar-refractivity contribution in [2.75, 3.05) is 38.2 Å². The quantitative estimate of drug-likeness (QED) is 0.609. The Balaban J connectivity index is 2.64. The van der Waals surface area contributed by atoms with Crippen LogP contribution in [0.5, 0.6) is 0 Å². The van der Waals surface area contributed by atoms with E-state index < -0.39 is 5.97 Å². The second-order valence-electron chi connectivity index (χ2n) is 3.96. The van der Waals surface area contributed by atoms with E-state index in [1.54, 1.807) is 23.9 Å². The molecule has 1 aromatic heterocycles. The molecule has 0 saturated heterocycles. The lowest BCUT2D eigenvalue weighted by Gasteiger charge is -2.17. The fourth-order valence-corrected chi connectivity index (χ4v) is 2.54. The van der Waals surface area contributed by atoms with E-state index in [0.29, 0.717) is 16.4 Å². The van der Waals surface area contributed by atoms with Gasteiger partial charge in [-0.1, -0.05) is 13.8 Å². The van der Waals surface area contributed by atoms with Gasteiger partial charge in [0.25, 0.3) is 0 Å². The Morgan fingerprint density at radius 3 is 2.68 bits per heavy atom. The highest BCUT2D eigenvalue weighted by molar-refractivity contribution is 7.99. The molecular weight excluding hydrogens is 262 g/mol. The summed E-state index contributed by atoms with van der Waals surface area (Å²) in [6, 6.07) is 3.27. The minimum absolute atomic E-state index is 0.294. The molecule has 1 rings (SSSR count). The SMILES string of the molecule is CCN(CC)CCSc1nc(C(=O)OC)ccc1N. The summed E-state index contributed by atoms with van der Waals surface area (Å²) in [4.78, 5) is 18.0. The number of aromatic nitrogens is 1. The highest BCUT2D eigenvalue weighted by Gasteiger charge is 2.11. The zero-order valence-electron chi connectivity index (χ0n) is 11.7. The van der Waals surface area contributed by atoms with Gasteiger partial charge in [-0.25, -0.2) is 9.78 Å². The van der Waals surface area contributed by atoms with Gasteiger partial charge in [0, 0.05) is 12.3 Å². The van der Waals surface area contributed by atoms with Gasteiger partial charge >= 0.3 is 5.97 Å². The predicted molar refractivity (Wildman–Crippen MR) is 78.5 cm³/mol. The number of rotatable bonds is 7. The van der Waals surface area contributed by atoms with Crippen LogP contribution in [0.1, 0.15) is 24.3 Å². The average molecular weight is 283 g/mol. The van der Waals surface area contributed by atoms with Gasteiger partial charge in [-0.15, -0.1) is 11.8 Å². The van der Waals surface area contributed by atoms with Gasteiger partial charge in [0.2, 0.25) is 0 Å². The molecule has 2 N–H and O–H groups in total. The summed E-state index contributed by atoms with van der Waals surface area (Å²) in [5.74, 6) is 0.453. The Kier molecular flexibility index (Phi) is 6.66. The fraction of sp³-hybridized carbons (Fsp3) is 0.538. The van der Waals surface area contributed by atoms with E-state index in [2.05, 4.69) is 28.5 Å². The molecule has 0 unspecified atom stereocenters. The van der Waals surface area contributed by atoms with E-state index in [0.717, 1.165) is 25.4 Å². The highest BCUT2D eigenvalue weighted by Crippen LogP contribution is 2.23. The van der Waals surface area contributed by atoms with Crippen molar-refractivity contribution in [3.8, 4) is 0 Å². The van der Waals surface area contributed by atoms with Crippen LogP contribution in [-0.2, 0) is 4.74 Å². The van der Waals surface area contributed by atoms with Gasteiger partial charge < -0.3 is 15.4 Å². The Labute approximate surface area is 118 Å². The lowest BCUT2D eigenvalue weighted by molar-refractivity contribution is 0.0593. The number of methoxy groups -OCH3 is 1. The minimum Gasteiger partial charge on any atom is -0.464 e. The lowest BCUT2D eigenvalue weighted by atomic mass is 10.3. The number of carbonyl (C=O) groups excluding carboxylic acids is 1. The van der Waals surface area contributed by atoms with E-state index in [4.69, 9.17) is 5.73 Å². The maximum atomic E-state index is 11.4. The van der Waals surface area contributed by atoms with Crippen LogP contribution in [0.15, 0.2) is 17.2 Å². The van der Waals surface area contributed by atoms with E-state index >= 15 is 0 Å². The molecule has 19 heavy (non-hydrogen) atoms. The molecule has 0 aliphatic carbocycles. The minimum atomic E-state index is -0.439. The molecule has 6 heteroatoms. The largest absolute Gasteiger partial charge is 0.464 e. The topological polar surface area (TPSA) is 68.5 Å². The first-order valence-corrected chi connectivity index (χ1v) is 7.30. The number of ether oxygens (including phenoxy) is 1. The Morgan fingerprint density at radius 1 is 1.42 bits per heavy atom. The van der Waals surface area contributed by atoms with E-state index in [1.807, 2.05) is 0 Å². The van der Waals surface area contributed by atoms with Crippen LogP contribution in [0, 0.1) is 0 Å². The van der Waals surface area contributed by atoms with Crippen LogP contribution in [0.25, 0.3) is 0 Å². The van der Waals surface area contributed by atoms with Crippen molar-refractivity contribution in [1.29, 1.82) is 0 Å². The van der Waals surface area contributed by atoms with E-state index in [1.165, 1.54) is 7.11 Å². The third kappa shape index (κ3) is 4.72. The first-order valence-electron chi connectivity index (χ1n) is 6.32. The number of hydrogen-bond donors (Lipinski definition) is 1. The number of esters is 1. The van der Waals surface area contributed by atoms with E-state index in [-0.39, 0.29) is 0 Å². The number of nitrogen functional groups attached to an aromatic ring is 1. The Bertz CT molecular complexity index is 422. The lowest BCUT2D eigenvalue weighted by Crippen LogP contribution is -2.25. The van der Waals surface area contributed by atoms with Gasteiger partial charge in [0.1, 0.15) is 10.7 Å². The van der Waals surface area contributed by atoms with Crippen molar-refractivity contribution in [3.05, 3.63) is 17.8 Å². The molecule has 0 atom stereocenters. The van der Waals surface area contributed by atoms with Crippen LogP contribution < -0.4 is 5.73 Å². The standard InChI is InChI=1S/C13H21N3O2S/c1-4-16(5-2)8-9-19-12-10(14)6-7-11(15-12)13(17)18-3/h6-7H,4-5,8-9,14H2,1-3H3. The highest BCUT2D eigenvalue weighted by atomic mass is 32.2. The summed E-state index contributed by atoms with van der Waals surface area (Å²) in [7, 11) is 1.34. The molecule has 1 heterocycles. The van der Waals surface area contributed by atoms with Gasteiger partial charge in [0.15, 0.2) is 0 Å². The second kappa shape index (κ2) is 8.01. The molecule has 0 aromatic carbocycles. The van der Waals surface area contributed by atoms with Crippen molar-refractivity contribution in [1.82, 2.24) is 9.88 Å². The molecule has 0 spiro atoms. The molecule has 106 valence electrons. The molecular formula is C13H21N3O2S.